The number of benzene rings is 1. The number of carbonyl (C=O) groups is 1. The number of carbonyl (C=O) groups excluding carboxylic acids is 1. The maximum absolute atomic E-state index is 11.9. The van der Waals surface area contributed by atoms with Crippen molar-refractivity contribution in [2.75, 3.05) is 6.54 Å². The second-order valence-corrected chi connectivity index (χ2v) is 5.78. The Morgan fingerprint density at radius 1 is 1.13 bits per heavy atom. The third-order valence-corrected chi connectivity index (χ3v) is 3.88. The first-order valence-corrected chi connectivity index (χ1v) is 7.95. The van der Waals surface area contributed by atoms with Gasteiger partial charge in [-0.1, -0.05) is 35.9 Å². The number of imidazole rings is 1. The van der Waals surface area contributed by atoms with Gasteiger partial charge in [-0.25, -0.2) is 4.98 Å². The molecule has 1 N–H and O–H groups in total. The number of nitrogens with zero attached hydrogens (tertiary/aromatic N) is 2. The highest BCUT2D eigenvalue weighted by atomic mass is 16.1. The highest BCUT2D eigenvalue weighted by Gasteiger charge is 2.04. The van der Waals surface area contributed by atoms with Crippen LogP contribution in [0, 0.1) is 6.92 Å². The fourth-order valence-corrected chi connectivity index (χ4v) is 2.54. The lowest BCUT2D eigenvalue weighted by Crippen LogP contribution is -2.25. The second kappa shape index (κ2) is 7.09. The van der Waals surface area contributed by atoms with Crippen molar-refractivity contribution in [3.63, 3.8) is 0 Å². The molecule has 0 atom stereocenters. The zero-order valence-electron chi connectivity index (χ0n) is 13.3. The van der Waals surface area contributed by atoms with E-state index in [-0.39, 0.29) is 5.91 Å². The molecule has 3 rings (SSSR count). The zero-order chi connectivity index (χ0) is 16.1. The normalized spacial score (nSPS) is 10.8. The van der Waals surface area contributed by atoms with Crippen LogP contribution in [0.5, 0.6) is 0 Å². The molecule has 4 heteroatoms. The summed E-state index contributed by atoms with van der Waals surface area (Å²) in [5.41, 5.74) is 4.37. The summed E-state index contributed by atoms with van der Waals surface area (Å²) in [6.45, 7) is 2.69. The summed E-state index contributed by atoms with van der Waals surface area (Å²) in [6.07, 6.45) is 6.03. The Balaban J connectivity index is 1.43. The zero-order valence-corrected chi connectivity index (χ0v) is 13.3. The van der Waals surface area contributed by atoms with Crippen molar-refractivity contribution in [1.82, 2.24) is 14.7 Å². The molecular formula is C19H21N3O. The van der Waals surface area contributed by atoms with E-state index in [1.54, 1.807) is 0 Å². The predicted molar refractivity (Wildman–Crippen MR) is 91.4 cm³/mol. The molecule has 118 valence electrons. The minimum atomic E-state index is 0.0920. The van der Waals surface area contributed by atoms with Crippen molar-refractivity contribution in [1.29, 1.82) is 0 Å². The molecule has 0 bridgehead atoms. The second-order valence-electron chi connectivity index (χ2n) is 5.78. The number of aryl methyl sites for hydroxylation is 2. The first-order chi connectivity index (χ1) is 11.2. The molecule has 23 heavy (non-hydrogen) atoms. The van der Waals surface area contributed by atoms with Crippen LogP contribution < -0.4 is 5.32 Å². The monoisotopic (exact) mass is 307 g/mol. The summed E-state index contributed by atoms with van der Waals surface area (Å²) in [7, 11) is 0. The summed E-state index contributed by atoms with van der Waals surface area (Å²) in [6, 6.07) is 14.2. The Kier molecular flexibility index (Phi) is 4.71. The van der Waals surface area contributed by atoms with Crippen LogP contribution in [0.4, 0.5) is 0 Å². The van der Waals surface area contributed by atoms with Gasteiger partial charge in [0.2, 0.25) is 5.91 Å². The fourth-order valence-electron chi connectivity index (χ4n) is 2.54. The van der Waals surface area contributed by atoms with Gasteiger partial charge >= 0.3 is 0 Å². The fraction of sp³-hybridized carbons (Fsp3) is 0.263. The van der Waals surface area contributed by atoms with E-state index in [0.717, 1.165) is 24.2 Å². The number of pyridine rings is 1. The average molecular weight is 307 g/mol. The Bertz CT molecular complexity index is 757. The van der Waals surface area contributed by atoms with Crippen molar-refractivity contribution in [2.45, 2.75) is 26.2 Å². The van der Waals surface area contributed by atoms with Crippen molar-refractivity contribution >= 4 is 11.6 Å². The number of aromatic nitrogens is 2. The molecule has 1 aromatic carbocycles. The maximum atomic E-state index is 11.9. The largest absolute Gasteiger partial charge is 0.356 e. The molecule has 0 aliphatic rings. The van der Waals surface area contributed by atoms with Gasteiger partial charge in [0.15, 0.2) is 0 Å². The first kappa shape index (κ1) is 15.3. The van der Waals surface area contributed by atoms with Gasteiger partial charge in [0.05, 0.1) is 5.69 Å². The molecule has 2 aromatic heterocycles. The third kappa shape index (κ3) is 4.19. The number of nitrogens with one attached hydrogen (secondary N) is 1. The van der Waals surface area contributed by atoms with Gasteiger partial charge in [-0.3, -0.25) is 4.79 Å². The van der Waals surface area contributed by atoms with E-state index >= 15 is 0 Å². The molecular weight excluding hydrogens is 286 g/mol. The molecule has 3 aromatic rings. The molecule has 0 saturated carbocycles. The lowest BCUT2D eigenvalue weighted by molar-refractivity contribution is -0.121. The smallest absolute Gasteiger partial charge is 0.220 e. The summed E-state index contributed by atoms with van der Waals surface area (Å²) < 4.78 is 1.99. The van der Waals surface area contributed by atoms with Crippen LogP contribution in [0.2, 0.25) is 0 Å². The average Bonchev–Trinajstić information content (AvgIpc) is 2.97. The van der Waals surface area contributed by atoms with Crippen LogP contribution in [0.3, 0.4) is 0 Å². The Morgan fingerprint density at radius 2 is 1.96 bits per heavy atom. The van der Waals surface area contributed by atoms with Gasteiger partial charge in [-0.2, -0.15) is 0 Å². The quantitative estimate of drug-likeness (QED) is 0.761. The first-order valence-electron chi connectivity index (χ1n) is 7.95. The molecule has 0 unspecified atom stereocenters. The standard InChI is InChI=1S/C19H21N3O/c1-15-5-7-16(8-6-15)9-10-19(23)20-12-11-17-14-22-13-3-2-4-18(22)21-17/h2-8,13-14H,9-12H2,1H3,(H,20,23). The highest BCUT2D eigenvalue weighted by molar-refractivity contribution is 5.76. The Labute approximate surface area is 136 Å². The SMILES string of the molecule is Cc1ccc(CCC(=O)NCCc2cn3ccccc3n2)cc1. The van der Waals surface area contributed by atoms with Crippen LogP contribution in [0.25, 0.3) is 5.65 Å². The van der Waals surface area contributed by atoms with Crippen LogP contribution in [-0.4, -0.2) is 21.8 Å². The minimum Gasteiger partial charge on any atom is -0.356 e. The van der Waals surface area contributed by atoms with E-state index in [9.17, 15) is 4.79 Å². The lowest BCUT2D eigenvalue weighted by atomic mass is 10.1. The molecule has 0 fully saturated rings. The minimum absolute atomic E-state index is 0.0920. The van der Waals surface area contributed by atoms with E-state index in [2.05, 4.69) is 41.5 Å². The van der Waals surface area contributed by atoms with Gasteiger partial charge in [0.25, 0.3) is 0 Å². The van der Waals surface area contributed by atoms with Crippen LogP contribution >= 0.6 is 0 Å². The van der Waals surface area contributed by atoms with Crippen molar-refractivity contribution in [2.24, 2.45) is 0 Å². The predicted octanol–water partition coefficient (Wildman–Crippen LogP) is 2.93. The molecule has 0 aliphatic heterocycles. The molecule has 0 aliphatic carbocycles. The summed E-state index contributed by atoms with van der Waals surface area (Å²) in [5, 5.41) is 2.97. The van der Waals surface area contributed by atoms with E-state index in [1.807, 2.05) is 35.0 Å². The third-order valence-electron chi connectivity index (χ3n) is 3.88. The van der Waals surface area contributed by atoms with Gasteiger partial charge in [-0.05, 0) is 31.0 Å². The Hall–Kier alpha value is -2.62. The van der Waals surface area contributed by atoms with Crippen LogP contribution in [0.15, 0.2) is 54.9 Å². The van der Waals surface area contributed by atoms with Crippen molar-refractivity contribution in [3.8, 4) is 0 Å². The number of hydrogen-bond acceptors (Lipinski definition) is 2. The maximum Gasteiger partial charge on any atom is 0.220 e. The number of fused-ring (bicyclic) bond motifs is 1. The number of rotatable bonds is 6. The molecule has 4 nitrogen and oxygen atoms in total. The van der Waals surface area contributed by atoms with E-state index in [0.29, 0.717) is 13.0 Å². The number of amides is 1. The topological polar surface area (TPSA) is 46.4 Å². The van der Waals surface area contributed by atoms with Crippen molar-refractivity contribution in [3.05, 3.63) is 71.7 Å². The van der Waals surface area contributed by atoms with E-state index in [1.165, 1.54) is 11.1 Å². The Morgan fingerprint density at radius 3 is 2.74 bits per heavy atom. The number of hydrogen-bond donors (Lipinski definition) is 1. The van der Waals surface area contributed by atoms with Gasteiger partial charge in [0, 0.05) is 31.8 Å². The summed E-state index contributed by atoms with van der Waals surface area (Å²) in [4.78, 5) is 16.4. The van der Waals surface area contributed by atoms with E-state index < -0.39 is 0 Å². The molecule has 0 saturated heterocycles. The van der Waals surface area contributed by atoms with Crippen molar-refractivity contribution < 1.29 is 4.79 Å². The van der Waals surface area contributed by atoms with Gasteiger partial charge in [0.1, 0.15) is 5.65 Å². The summed E-state index contributed by atoms with van der Waals surface area (Å²) >= 11 is 0. The van der Waals surface area contributed by atoms with E-state index in [4.69, 9.17) is 0 Å². The molecule has 1 amide bonds. The lowest BCUT2D eigenvalue weighted by Gasteiger charge is -2.04. The van der Waals surface area contributed by atoms with Crippen LogP contribution in [-0.2, 0) is 17.6 Å². The molecule has 2 heterocycles. The van der Waals surface area contributed by atoms with Crippen LogP contribution in [0.1, 0.15) is 23.2 Å². The molecule has 0 spiro atoms. The highest BCUT2D eigenvalue weighted by Crippen LogP contribution is 2.06. The summed E-state index contributed by atoms with van der Waals surface area (Å²) in [5.74, 6) is 0.0920. The molecule has 0 radical (unpaired) electrons. The van der Waals surface area contributed by atoms with Gasteiger partial charge < -0.3 is 9.72 Å². The van der Waals surface area contributed by atoms with Gasteiger partial charge in [-0.15, -0.1) is 0 Å².